The fraction of sp³-hybridized carbons (Fsp3) is 0.273. The van der Waals surface area contributed by atoms with Gasteiger partial charge < -0.3 is 14.8 Å². The highest BCUT2D eigenvalue weighted by Gasteiger charge is 2.08. The van der Waals surface area contributed by atoms with E-state index in [-0.39, 0.29) is 0 Å². The number of rotatable bonds is 5. The molecule has 0 radical (unpaired) electrons. The lowest BCUT2D eigenvalue weighted by Gasteiger charge is -2.06. The highest BCUT2D eigenvalue weighted by molar-refractivity contribution is 7.13. The maximum atomic E-state index is 5.62. The van der Waals surface area contributed by atoms with Crippen LogP contribution in [0, 0.1) is 0 Å². The molecule has 1 N–H and O–H groups in total. The van der Waals surface area contributed by atoms with Crippen LogP contribution in [0.25, 0.3) is 0 Å². The first-order valence-corrected chi connectivity index (χ1v) is 5.93. The van der Waals surface area contributed by atoms with Crippen LogP contribution in [0.15, 0.2) is 24.3 Å². The number of aromatic nitrogens is 2. The second kappa shape index (κ2) is 5.60. The van der Waals surface area contributed by atoms with Gasteiger partial charge in [0, 0.05) is 6.54 Å². The average molecular weight is 251 g/mol. The molecule has 90 valence electrons. The highest BCUT2D eigenvalue weighted by Crippen LogP contribution is 2.32. The van der Waals surface area contributed by atoms with E-state index in [0.717, 1.165) is 5.01 Å². The maximum Gasteiger partial charge on any atom is 0.299 e. The topological polar surface area (TPSA) is 56.3 Å². The average Bonchev–Trinajstić information content (AvgIpc) is 2.78. The van der Waals surface area contributed by atoms with E-state index in [1.54, 1.807) is 7.11 Å². The third-order valence-electron chi connectivity index (χ3n) is 2.04. The van der Waals surface area contributed by atoms with Crippen LogP contribution in [-0.2, 0) is 6.54 Å². The molecule has 5 nitrogen and oxygen atoms in total. The fourth-order valence-corrected chi connectivity index (χ4v) is 2.01. The second-order valence-corrected chi connectivity index (χ2v) is 4.27. The zero-order valence-corrected chi connectivity index (χ0v) is 10.5. The third-order valence-corrected chi connectivity index (χ3v) is 2.84. The molecule has 6 heteroatoms. The van der Waals surface area contributed by atoms with Gasteiger partial charge in [-0.2, -0.15) is 0 Å². The lowest BCUT2D eigenvalue weighted by Crippen LogP contribution is -2.04. The van der Waals surface area contributed by atoms with Gasteiger partial charge in [0.2, 0.25) is 0 Å². The molecule has 1 aromatic heterocycles. The minimum atomic E-state index is 0.514. The number of ether oxygens (including phenoxy) is 2. The van der Waals surface area contributed by atoms with E-state index in [4.69, 9.17) is 9.47 Å². The minimum absolute atomic E-state index is 0.514. The van der Waals surface area contributed by atoms with Gasteiger partial charge in [0.1, 0.15) is 5.01 Å². The number of hydrogen-bond donors (Lipinski definition) is 1. The summed E-state index contributed by atoms with van der Waals surface area (Å²) in [6.07, 6.45) is 0. The summed E-state index contributed by atoms with van der Waals surface area (Å²) in [6.45, 7) is 0.687. The van der Waals surface area contributed by atoms with E-state index in [2.05, 4.69) is 15.5 Å². The molecule has 0 amide bonds. The molecule has 0 aliphatic carbocycles. The standard InChI is InChI=1S/C11H13N3O2S/c1-12-7-10-13-14-11(17-10)16-9-6-4-3-5-8(9)15-2/h3-6,12H,7H2,1-2H3. The first-order chi connectivity index (χ1) is 8.33. The molecule has 0 unspecified atom stereocenters. The van der Waals surface area contributed by atoms with Crippen LogP contribution in [0.3, 0.4) is 0 Å². The zero-order valence-electron chi connectivity index (χ0n) is 9.64. The van der Waals surface area contributed by atoms with Crippen molar-refractivity contribution in [3.63, 3.8) is 0 Å². The van der Waals surface area contributed by atoms with Crippen LogP contribution in [0.4, 0.5) is 0 Å². The van der Waals surface area contributed by atoms with Gasteiger partial charge in [0.15, 0.2) is 11.5 Å². The lowest BCUT2D eigenvalue weighted by atomic mass is 10.3. The Morgan fingerprint density at radius 1 is 1.24 bits per heavy atom. The Kier molecular flexibility index (Phi) is 3.89. The van der Waals surface area contributed by atoms with Crippen molar-refractivity contribution < 1.29 is 9.47 Å². The molecule has 1 heterocycles. The molecule has 17 heavy (non-hydrogen) atoms. The predicted octanol–water partition coefficient (Wildman–Crippen LogP) is 2.06. The van der Waals surface area contributed by atoms with E-state index in [9.17, 15) is 0 Å². The first-order valence-electron chi connectivity index (χ1n) is 5.11. The Bertz CT molecular complexity index is 487. The number of nitrogens with one attached hydrogen (secondary N) is 1. The molecule has 0 aliphatic heterocycles. The molecule has 2 aromatic rings. The van der Waals surface area contributed by atoms with E-state index < -0.39 is 0 Å². The summed E-state index contributed by atoms with van der Waals surface area (Å²) >= 11 is 1.41. The molecule has 0 fully saturated rings. The van der Waals surface area contributed by atoms with Crippen molar-refractivity contribution in [3.8, 4) is 16.7 Å². The number of hydrogen-bond acceptors (Lipinski definition) is 6. The molecule has 0 atom stereocenters. The van der Waals surface area contributed by atoms with Gasteiger partial charge in [0.25, 0.3) is 5.19 Å². The molecule has 1 aromatic carbocycles. The highest BCUT2D eigenvalue weighted by atomic mass is 32.1. The van der Waals surface area contributed by atoms with E-state index >= 15 is 0 Å². The van der Waals surface area contributed by atoms with E-state index in [1.807, 2.05) is 31.3 Å². The van der Waals surface area contributed by atoms with Crippen molar-refractivity contribution in [2.24, 2.45) is 0 Å². The van der Waals surface area contributed by atoms with E-state index in [0.29, 0.717) is 23.2 Å². The summed E-state index contributed by atoms with van der Waals surface area (Å²) < 4.78 is 10.8. The molecule has 0 saturated carbocycles. The molecular formula is C11H13N3O2S. The Balaban J connectivity index is 2.13. The van der Waals surface area contributed by atoms with Crippen LogP contribution < -0.4 is 14.8 Å². The monoisotopic (exact) mass is 251 g/mol. The predicted molar refractivity (Wildman–Crippen MR) is 65.7 cm³/mol. The molecule has 0 aliphatic rings. The fourth-order valence-electron chi connectivity index (χ4n) is 1.30. The van der Waals surface area contributed by atoms with Crippen LogP contribution in [0.1, 0.15) is 5.01 Å². The third kappa shape index (κ3) is 2.92. The van der Waals surface area contributed by atoms with Crippen molar-refractivity contribution in [2.45, 2.75) is 6.54 Å². The van der Waals surface area contributed by atoms with Gasteiger partial charge in [-0.1, -0.05) is 28.6 Å². The van der Waals surface area contributed by atoms with Crippen LogP contribution >= 0.6 is 11.3 Å². The Labute approximate surface area is 103 Å². The molecular weight excluding hydrogens is 238 g/mol. The minimum Gasteiger partial charge on any atom is -0.493 e. The maximum absolute atomic E-state index is 5.62. The normalized spacial score (nSPS) is 10.2. The summed E-state index contributed by atoms with van der Waals surface area (Å²) in [5.74, 6) is 1.32. The van der Waals surface area contributed by atoms with Crippen LogP contribution in [0.5, 0.6) is 16.7 Å². The van der Waals surface area contributed by atoms with Crippen molar-refractivity contribution in [3.05, 3.63) is 29.3 Å². The van der Waals surface area contributed by atoms with Crippen molar-refractivity contribution in [2.75, 3.05) is 14.2 Å². The van der Waals surface area contributed by atoms with Gasteiger partial charge in [-0.3, -0.25) is 0 Å². The molecule has 2 rings (SSSR count). The van der Waals surface area contributed by atoms with E-state index in [1.165, 1.54) is 11.3 Å². The number of benzene rings is 1. The summed E-state index contributed by atoms with van der Waals surface area (Å²) in [6, 6.07) is 7.44. The molecule has 0 spiro atoms. The second-order valence-electron chi connectivity index (χ2n) is 3.24. The SMILES string of the molecule is CNCc1nnc(Oc2ccccc2OC)s1. The Morgan fingerprint density at radius 3 is 2.71 bits per heavy atom. The number of nitrogens with zero attached hydrogens (tertiary/aromatic N) is 2. The summed E-state index contributed by atoms with van der Waals surface area (Å²) in [5, 5.41) is 12.4. The van der Waals surface area contributed by atoms with Crippen molar-refractivity contribution in [1.82, 2.24) is 15.5 Å². The molecule has 0 bridgehead atoms. The first kappa shape index (κ1) is 11.8. The van der Waals surface area contributed by atoms with Gasteiger partial charge in [-0.25, -0.2) is 0 Å². The summed E-state index contributed by atoms with van der Waals surface area (Å²) in [5.41, 5.74) is 0. The largest absolute Gasteiger partial charge is 0.493 e. The summed E-state index contributed by atoms with van der Waals surface area (Å²) in [7, 11) is 3.47. The Hall–Kier alpha value is -1.66. The summed E-state index contributed by atoms with van der Waals surface area (Å²) in [4.78, 5) is 0. The number of methoxy groups -OCH3 is 1. The van der Waals surface area contributed by atoms with Crippen molar-refractivity contribution >= 4 is 11.3 Å². The zero-order chi connectivity index (χ0) is 12.1. The lowest BCUT2D eigenvalue weighted by molar-refractivity contribution is 0.377. The smallest absolute Gasteiger partial charge is 0.299 e. The molecule has 0 saturated heterocycles. The van der Waals surface area contributed by atoms with Gasteiger partial charge in [-0.15, -0.1) is 5.10 Å². The Morgan fingerprint density at radius 2 is 2.00 bits per heavy atom. The van der Waals surface area contributed by atoms with Crippen LogP contribution in [-0.4, -0.2) is 24.4 Å². The van der Waals surface area contributed by atoms with Crippen LogP contribution in [0.2, 0.25) is 0 Å². The van der Waals surface area contributed by atoms with Crippen molar-refractivity contribution in [1.29, 1.82) is 0 Å². The number of para-hydroxylation sites is 2. The quantitative estimate of drug-likeness (QED) is 0.881. The van der Waals surface area contributed by atoms with Gasteiger partial charge in [-0.05, 0) is 19.2 Å². The van der Waals surface area contributed by atoms with Gasteiger partial charge >= 0.3 is 0 Å². The van der Waals surface area contributed by atoms with Gasteiger partial charge in [0.05, 0.1) is 7.11 Å².